The summed E-state index contributed by atoms with van der Waals surface area (Å²) < 4.78 is 5.07. The zero-order valence-electron chi connectivity index (χ0n) is 12.0. The molecule has 1 aromatic rings. The molecule has 0 bridgehead atoms. The summed E-state index contributed by atoms with van der Waals surface area (Å²) in [5.41, 5.74) is 1.98. The quantitative estimate of drug-likeness (QED) is 0.759. The van der Waals surface area contributed by atoms with Gasteiger partial charge in [-0.25, -0.2) is 0 Å². The van der Waals surface area contributed by atoms with Gasteiger partial charge >= 0.3 is 0 Å². The lowest BCUT2D eigenvalue weighted by Crippen LogP contribution is -2.20. The number of hydrogen-bond acceptors (Lipinski definition) is 3. The maximum atomic E-state index is 11.6. The van der Waals surface area contributed by atoms with Crippen molar-refractivity contribution in [2.45, 2.75) is 33.2 Å². The smallest absolute Gasteiger partial charge is 0.250 e. The molecule has 1 amide bonds. The average molecular weight is 264 g/mol. The van der Waals surface area contributed by atoms with Crippen LogP contribution >= 0.6 is 0 Å². The molecule has 0 radical (unpaired) electrons. The van der Waals surface area contributed by atoms with Crippen molar-refractivity contribution in [1.82, 2.24) is 5.32 Å². The first-order chi connectivity index (χ1) is 9.17. The highest BCUT2D eigenvalue weighted by atomic mass is 16.5. The molecule has 0 saturated heterocycles. The topological polar surface area (TPSA) is 50.4 Å². The van der Waals surface area contributed by atoms with Crippen LogP contribution in [0.15, 0.2) is 24.3 Å². The van der Waals surface area contributed by atoms with Crippen LogP contribution in [0.25, 0.3) is 0 Å². The summed E-state index contributed by atoms with van der Waals surface area (Å²) in [7, 11) is 0. The lowest BCUT2D eigenvalue weighted by Gasteiger charge is -2.15. The van der Waals surface area contributed by atoms with Gasteiger partial charge in [-0.15, -0.1) is 0 Å². The first-order valence-corrected chi connectivity index (χ1v) is 6.88. The van der Waals surface area contributed by atoms with Crippen LogP contribution < -0.4 is 10.6 Å². The minimum Gasteiger partial charge on any atom is -0.372 e. The van der Waals surface area contributed by atoms with Gasteiger partial charge in [0.25, 0.3) is 0 Å². The van der Waals surface area contributed by atoms with Crippen molar-refractivity contribution in [1.29, 1.82) is 0 Å². The second-order valence-corrected chi connectivity index (χ2v) is 4.49. The zero-order valence-corrected chi connectivity index (χ0v) is 12.0. The first-order valence-electron chi connectivity index (χ1n) is 6.88. The van der Waals surface area contributed by atoms with E-state index < -0.39 is 0 Å². The van der Waals surface area contributed by atoms with E-state index in [1.54, 1.807) is 0 Å². The Morgan fingerprint density at radius 3 is 2.84 bits per heavy atom. The van der Waals surface area contributed by atoms with E-state index in [-0.39, 0.29) is 18.6 Å². The molecule has 1 atom stereocenters. The van der Waals surface area contributed by atoms with E-state index in [4.69, 9.17) is 4.74 Å². The molecule has 0 aliphatic heterocycles. The van der Waals surface area contributed by atoms with Crippen LogP contribution in [0.4, 0.5) is 5.69 Å². The maximum Gasteiger partial charge on any atom is 0.250 e. The van der Waals surface area contributed by atoms with E-state index in [2.05, 4.69) is 30.5 Å². The van der Waals surface area contributed by atoms with Gasteiger partial charge < -0.3 is 15.4 Å². The van der Waals surface area contributed by atoms with Gasteiger partial charge in [0.2, 0.25) is 5.91 Å². The fourth-order valence-electron chi connectivity index (χ4n) is 1.76. The summed E-state index contributed by atoms with van der Waals surface area (Å²) >= 11 is 0. The number of hydrogen-bond donors (Lipinski definition) is 2. The molecule has 0 fully saturated rings. The van der Waals surface area contributed by atoms with Crippen molar-refractivity contribution in [3.63, 3.8) is 0 Å². The van der Waals surface area contributed by atoms with Crippen LogP contribution in [0.2, 0.25) is 0 Å². The zero-order chi connectivity index (χ0) is 14.1. The lowest BCUT2D eigenvalue weighted by molar-refractivity contribution is -0.120. The second kappa shape index (κ2) is 8.67. The van der Waals surface area contributed by atoms with Gasteiger partial charge in [-0.2, -0.15) is 0 Å². The normalized spacial score (nSPS) is 12.2. The van der Waals surface area contributed by atoms with Crippen LogP contribution in [-0.2, 0) is 9.53 Å². The van der Waals surface area contributed by atoms with E-state index in [0.717, 1.165) is 18.7 Å². The van der Waals surface area contributed by atoms with E-state index in [9.17, 15) is 4.79 Å². The van der Waals surface area contributed by atoms with Crippen molar-refractivity contribution < 1.29 is 9.53 Å². The average Bonchev–Trinajstić information content (AvgIpc) is 2.42. The predicted octanol–water partition coefficient (Wildman–Crippen LogP) is 2.72. The van der Waals surface area contributed by atoms with Gasteiger partial charge in [-0.1, -0.05) is 19.1 Å². The number of rotatable bonds is 8. The third kappa shape index (κ3) is 5.85. The molecule has 0 aromatic heterocycles. The Hall–Kier alpha value is -1.39. The standard InChI is InChI=1S/C15H24N2O2/c1-4-9-16-12(3)13-7-6-8-14(10-13)17-15(18)11-19-5-2/h6-8,10,12,16H,4-5,9,11H2,1-3H3,(H,17,18). The van der Waals surface area contributed by atoms with Crippen LogP contribution in [0.3, 0.4) is 0 Å². The molecular weight excluding hydrogens is 240 g/mol. The Labute approximate surface area is 115 Å². The number of nitrogens with one attached hydrogen (secondary N) is 2. The van der Waals surface area contributed by atoms with E-state index in [1.165, 1.54) is 5.56 Å². The molecule has 0 aliphatic carbocycles. The summed E-state index contributed by atoms with van der Waals surface area (Å²) in [5, 5.41) is 6.26. The predicted molar refractivity (Wildman–Crippen MR) is 78.3 cm³/mol. The summed E-state index contributed by atoms with van der Waals surface area (Å²) in [5.74, 6) is -0.117. The lowest BCUT2D eigenvalue weighted by atomic mass is 10.1. The monoisotopic (exact) mass is 264 g/mol. The molecule has 106 valence electrons. The second-order valence-electron chi connectivity index (χ2n) is 4.49. The van der Waals surface area contributed by atoms with Crippen molar-refractivity contribution in [2.24, 2.45) is 0 Å². The number of benzene rings is 1. The number of ether oxygens (including phenoxy) is 1. The Kier molecular flexibility index (Phi) is 7.15. The molecule has 0 saturated carbocycles. The Bertz CT molecular complexity index is 393. The Morgan fingerprint density at radius 2 is 2.16 bits per heavy atom. The van der Waals surface area contributed by atoms with Crippen LogP contribution in [0.1, 0.15) is 38.8 Å². The number of carbonyl (C=O) groups is 1. The van der Waals surface area contributed by atoms with Crippen molar-refractivity contribution in [2.75, 3.05) is 25.1 Å². The molecule has 2 N–H and O–H groups in total. The minimum absolute atomic E-state index is 0.102. The van der Waals surface area contributed by atoms with Crippen LogP contribution in [0, 0.1) is 0 Å². The first kappa shape index (κ1) is 15.7. The highest BCUT2D eigenvalue weighted by Gasteiger charge is 2.06. The van der Waals surface area contributed by atoms with Crippen LogP contribution in [0.5, 0.6) is 0 Å². The molecule has 0 spiro atoms. The van der Waals surface area contributed by atoms with Crippen molar-refractivity contribution in [3.05, 3.63) is 29.8 Å². The van der Waals surface area contributed by atoms with Gasteiger partial charge in [0.15, 0.2) is 0 Å². The molecule has 19 heavy (non-hydrogen) atoms. The third-order valence-electron chi connectivity index (χ3n) is 2.81. The van der Waals surface area contributed by atoms with Crippen molar-refractivity contribution >= 4 is 11.6 Å². The Balaban J connectivity index is 2.58. The highest BCUT2D eigenvalue weighted by Crippen LogP contribution is 2.17. The molecule has 4 nitrogen and oxygen atoms in total. The Morgan fingerprint density at radius 1 is 1.37 bits per heavy atom. The highest BCUT2D eigenvalue weighted by molar-refractivity contribution is 5.91. The van der Waals surface area contributed by atoms with E-state index in [1.807, 2.05) is 25.1 Å². The van der Waals surface area contributed by atoms with Gasteiger partial charge in [-0.3, -0.25) is 4.79 Å². The number of anilines is 1. The van der Waals surface area contributed by atoms with Gasteiger partial charge in [0.1, 0.15) is 6.61 Å². The fraction of sp³-hybridized carbons (Fsp3) is 0.533. The number of amides is 1. The van der Waals surface area contributed by atoms with Gasteiger partial charge in [-0.05, 0) is 44.5 Å². The van der Waals surface area contributed by atoms with E-state index >= 15 is 0 Å². The molecular formula is C15H24N2O2. The number of carbonyl (C=O) groups excluding carboxylic acids is 1. The van der Waals surface area contributed by atoms with Gasteiger partial charge in [0, 0.05) is 18.3 Å². The van der Waals surface area contributed by atoms with Gasteiger partial charge in [0.05, 0.1) is 0 Å². The summed E-state index contributed by atoms with van der Waals surface area (Å²) in [6, 6.07) is 8.18. The largest absolute Gasteiger partial charge is 0.372 e. The van der Waals surface area contributed by atoms with E-state index in [0.29, 0.717) is 6.61 Å². The molecule has 1 unspecified atom stereocenters. The van der Waals surface area contributed by atoms with Crippen LogP contribution in [-0.4, -0.2) is 25.7 Å². The maximum absolute atomic E-state index is 11.6. The molecule has 1 rings (SSSR count). The molecule has 1 aromatic carbocycles. The molecule has 0 aliphatic rings. The summed E-state index contributed by atoms with van der Waals surface area (Å²) in [4.78, 5) is 11.6. The fourth-order valence-corrected chi connectivity index (χ4v) is 1.76. The SMILES string of the molecule is CCCNC(C)c1cccc(NC(=O)COCC)c1. The summed E-state index contributed by atoms with van der Waals surface area (Å²) in [6.07, 6.45) is 1.11. The third-order valence-corrected chi connectivity index (χ3v) is 2.81. The molecule has 0 heterocycles. The minimum atomic E-state index is -0.117. The van der Waals surface area contributed by atoms with Crippen molar-refractivity contribution in [3.8, 4) is 0 Å². The molecule has 4 heteroatoms. The summed E-state index contributed by atoms with van der Waals surface area (Å²) in [6.45, 7) is 7.77.